The summed E-state index contributed by atoms with van der Waals surface area (Å²) in [5, 5.41) is 12.9. The summed E-state index contributed by atoms with van der Waals surface area (Å²) in [6, 6.07) is 14.0. The molecule has 2 rings (SSSR count). The number of hydrogen-bond donors (Lipinski definition) is 4. The molecule has 0 heterocycles. The fourth-order valence-electron chi connectivity index (χ4n) is 2.42. The van der Waals surface area contributed by atoms with Gasteiger partial charge in [0, 0.05) is 31.8 Å². The van der Waals surface area contributed by atoms with Crippen LogP contribution in [0.2, 0.25) is 0 Å². The van der Waals surface area contributed by atoms with Crippen molar-refractivity contribution in [3.05, 3.63) is 65.2 Å². The summed E-state index contributed by atoms with van der Waals surface area (Å²) < 4.78 is 5.31. The van der Waals surface area contributed by atoms with Crippen molar-refractivity contribution in [2.45, 2.75) is 19.6 Å². The number of ether oxygens (including phenoxy) is 1. The van der Waals surface area contributed by atoms with E-state index in [1.165, 1.54) is 14.0 Å². The number of rotatable bonds is 7. The molecule has 2 aromatic rings. The number of amides is 2. The van der Waals surface area contributed by atoms with Crippen LogP contribution in [0.1, 0.15) is 29.7 Å². The zero-order valence-electron chi connectivity index (χ0n) is 15.1. The van der Waals surface area contributed by atoms with E-state index < -0.39 is 6.10 Å². The van der Waals surface area contributed by atoms with Crippen molar-refractivity contribution in [1.82, 2.24) is 5.32 Å². The van der Waals surface area contributed by atoms with Crippen molar-refractivity contribution in [3.63, 3.8) is 0 Å². The van der Waals surface area contributed by atoms with Crippen molar-refractivity contribution < 1.29 is 14.3 Å². The molecule has 0 radical (unpaired) electrons. The predicted octanol–water partition coefficient (Wildman–Crippen LogP) is 2.35. The van der Waals surface area contributed by atoms with Crippen molar-refractivity contribution >= 4 is 35.7 Å². The number of methoxy groups -OCH3 is 1. The van der Waals surface area contributed by atoms with Crippen molar-refractivity contribution in [3.8, 4) is 0 Å². The van der Waals surface area contributed by atoms with Crippen LogP contribution in [0.25, 0.3) is 0 Å². The van der Waals surface area contributed by atoms with E-state index in [1.54, 1.807) is 48.5 Å². The molecule has 0 bridgehead atoms. The second kappa shape index (κ2) is 10.3. The SMILES string of the molecule is COC(C(=O)NCc1ccc(C(=N)N)cc1)c1ccc(NC(C)=O)cc1.Cl. The average molecular weight is 391 g/mol. The van der Waals surface area contributed by atoms with Crippen LogP contribution < -0.4 is 16.4 Å². The molecule has 8 heteroatoms. The van der Waals surface area contributed by atoms with Gasteiger partial charge in [-0.2, -0.15) is 0 Å². The Morgan fingerprint density at radius 3 is 2.19 bits per heavy atom. The van der Waals surface area contributed by atoms with Gasteiger partial charge in [-0.3, -0.25) is 15.0 Å². The molecule has 5 N–H and O–H groups in total. The molecule has 0 fully saturated rings. The summed E-state index contributed by atoms with van der Waals surface area (Å²) in [6.45, 7) is 1.77. The van der Waals surface area contributed by atoms with E-state index in [9.17, 15) is 9.59 Å². The van der Waals surface area contributed by atoms with Crippen LogP contribution in [0.5, 0.6) is 0 Å². The van der Waals surface area contributed by atoms with Crippen molar-refractivity contribution in [2.75, 3.05) is 12.4 Å². The van der Waals surface area contributed by atoms with Gasteiger partial charge < -0.3 is 21.1 Å². The third kappa shape index (κ3) is 6.40. The summed E-state index contributed by atoms with van der Waals surface area (Å²) in [4.78, 5) is 23.5. The molecule has 144 valence electrons. The minimum Gasteiger partial charge on any atom is -0.384 e. The molecule has 0 saturated carbocycles. The van der Waals surface area contributed by atoms with Gasteiger partial charge in [-0.15, -0.1) is 12.4 Å². The van der Waals surface area contributed by atoms with Crippen LogP contribution in [0.15, 0.2) is 48.5 Å². The van der Waals surface area contributed by atoms with Crippen LogP contribution in [0.4, 0.5) is 5.69 Å². The first-order valence-electron chi connectivity index (χ1n) is 8.02. The maximum atomic E-state index is 12.4. The minimum absolute atomic E-state index is 0. The van der Waals surface area contributed by atoms with Crippen LogP contribution in [0, 0.1) is 5.41 Å². The lowest BCUT2D eigenvalue weighted by molar-refractivity contribution is -0.131. The molecule has 2 aromatic carbocycles. The molecule has 0 aliphatic carbocycles. The summed E-state index contributed by atoms with van der Waals surface area (Å²) in [5.74, 6) is -0.423. The lowest BCUT2D eigenvalue weighted by atomic mass is 10.1. The molecule has 0 aliphatic heterocycles. The number of carbonyl (C=O) groups is 2. The molecule has 27 heavy (non-hydrogen) atoms. The molecule has 0 aliphatic rings. The zero-order chi connectivity index (χ0) is 19.1. The summed E-state index contributed by atoms with van der Waals surface area (Å²) in [7, 11) is 1.47. The van der Waals surface area contributed by atoms with Gasteiger partial charge in [0.1, 0.15) is 5.84 Å². The van der Waals surface area contributed by atoms with Crippen LogP contribution >= 0.6 is 12.4 Å². The fourth-order valence-corrected chi connectivity index (χ4v) is 2.42. The normalized spacial score (nSPS) is 11.0. The van der Waals surface area contributed by atoms with Gasteiger partial charge in [-0.05, 0) is 23.3 Å². The monoisotopic (exact) mass is 390 g/mol. The van der Waals surface area contributed by atoms with Gasteiger partial charge in [0.2, 0.25) is 5.91 Å². The number of hydrogen-bond acceptors (Lipinski definition) is 4. The molecular weight excluding hydrogens is 368 g/mol. The second-order valence-electron chi connectivity index (χ2n) is 5.75. The molecule has 0 saturated heterocycles. The van der Waals surface area contributed by atoms with E-state index >= 15 is 0 Å². The summed E-state index contributed by atoms with van der Waals surface area (Å²) in [5.41, 5.74) is 8.28. The van der Waals surface area contributed by atoms with E-state index in [1.807, 2.05) is 0 Å². The van der Waals surface area contributed by atoms with E-state index in [2.05, 4.69) is 10.6 Å². The first kappa shape index (κ1) is 22.1. The maximum Gasteiger partial charge on any atom is 0.254 e. The van der Waals surface area contributed by atoms with Gasteiger partial charge >= 0.3 is 0 Å². The zero-order valence-corrected chi connectivity index (χ0v) is 15.9. The van der Waals surface area contributed by atoms with E-state index in [-0.39, 0.29) is 30.1 Å². The van der Waals surface area contributed by atoms with E-state index in [0.717, 1.165) is 5.56 Å². The number of nitrogens with two attached hydrogens (primary N) is 1. The Morgan fingerprint density at radius 1 is 1.11 bits per heavy atom. The van der Waals surface area contributed by atoms with Gasteiger partial charge in [0.15, 0.2) is 6.10 Å². The average Bonchev–Trinajstić information content (AvgIpc) is 2.62. The van der Waals surface area contributed by atoms with E-state index in [0.29, 0.717) is 23.4 Å². The molecule has 0 spiro atoms. The Balaban J connectivity index is 0.00000364. The largest absolute Gasteiger partial charge is 0.384 e. The molecule has 1 atom stereocenters. The molecule has 1 unspecified atom stereocenters. The second-order valence-corrected chi connectivity index (χ2v) is 5.75. The fraction of sp³-hybridized carbons (Fsp3) is 0.211. The molecule has 7 nitrogen and oxygen atoms in total. The Labute approximate surface area is 164 Å². The van der Waals surface area contributed by atoms with Crippen molar-refractivity contribution in [2.24, 2.45) is 5.73 Å². The lowest BCUT2D eigenvalue weighted by Gasteiger charge is -2.16. The predicted molar refractivity (Wildman–Crippen MR) is 107 cm³/mol. The van der Waals surface area contributed by atoms with Gasteiger partial charge in [0.05, 0.1) is 0 Å². The molecular formula is C19H23ClN4O3. The van der Waals surface area contributed by atoms with Crippen LogP contribution in [-0.2, 0) is 20.9 Å². The third-order valence-corrected chi connectivity index (χ3v) is 3.74. The highest BCUT2D eigenvalue weighted by molar-refractivity contribution is 5.94. The minimum atomic E-state index is -0.752. The summed E-state index contributed by atoms with van der Waals surface area (Å²) >= 11 is 0. The highest BCUT2D eigenvalue weighted by Crippen LogP contribution is 2.19. The highest BCUT2D eigenvalue weighted by atomic mass is 35.5. The lowest BCUT2D eigenvalue weighted by Crippen LogP contribution is -2.30. The number of carbonyl (C=O) groups excluding carboxylic acids is 2. The van der Waals surface area contributed by atoms with Gasteiger partial charge in [-0.25, -0.2) is 0 Å². The molecule has 0 aromatic heterocycles. The number of nitrogens with one attached hydrogen (secondary N) is 3. The quantitative estimate of drug-likeness (QED) is 0.428. The number of nitrogen functional groups attached to an aromatic ring is 1. The van der Waals surface area contributed by atoms with Crippen molar-refractivity contribution in [1.29, 1.82) is 5.41 Å². The van der Waals surface area contributed by atoms with Gasteiger partial charge in [0.25, 0.3) is 5.91 Å². The van der Waals surface area contributed by atoms with Crippen LogP contribution in [0.3, 0.4) is 0 Å². The smallest absolute Gasteiger partial charge is 0.254 e. The number of benzene rings is 2. The topological polar surface area (TPSA) is 117 Å². The maximum absolute atomic E-state index is 12.4. The Bertz CT molecular complexity index is 792. The standard InChI is InChI=1S/C19H22N4O3.ClH/c1-12(24)23-16-9-7-14(8-10-16)17(26-2)19(25)22-11-13-3-5-15(6-4-13)18(20)21;/h3-10,17H,11H2,1-2H3,(H3,20,21)(H,22,25)(H,23,24);1H. The number of halogens is 1. The third-order valence-electron chi connectivity index (χ3n) is 3.74. The molecule has 2 amide bonds. The van der Waals surface area contributed by atoms with E-state index in [4.69, 9.17) is 15.9 Å². The number of amidine groups is 1. The van der Waals surface area contributed by atoms with Gasteiger partial charge in [-0.1, -0.05) is 36.4 Å². The highest BCUT2D eigenvalue weighted by Gasteiger charge is 2.19. The van der Waals surface area contributed by atoms with Crippen LogP contribution in [-0.4, -0.2) is 24.8 Å². The Hall–Kier alpha value is -2.90. The first-order valence-corrected chi connectivity index (χ1v) is 8.02. The summed E-state index contributed by atoms with van der Waals surface area (Å²) in [6.07, 6.45) is -0.752. The first-order chi connectivity index (χ1) is 12.4. The number of anilines is 1. The Morgan fingerprint density at radius 2 is 1.70 bits per heavy atom. The Kier molecular flexibility index (Phi) is 8.44.